The molecule has 0 aliphatic heterocycles. The van der Waals surface area contributed by atoms with Gasteiger partial charge in [-0.2, -0.15) is 0 Å². The molecule has 1 aromatic carbocycles. The van der Waals surface area contributed by atoms with Gasteiger partial charge in [0.15, 0.2) is 11.5 Å². The first-order valence-electron chi connectivity index (χ1n) is 9.70. The van der Waals surface area contributed by atoms with Crippen molar-refractivity contribution in [3.05, 3.63) is 36.2 Å². The van der Waals surface area contributed by atoms with Crippen LogP contribution in [0.2, 0.25) is 0 Å². The minimum atomic E-state index is -0.0417. The molecular weight excluding hydrogens is 326 g/mol. The van der Waals surface area contributed by atoms with Crippen molar-refractivity contribution >= 4 is 22.5 Å². The molecule has 6 heteroatoms. The van der Waals surface area contributed by atoms with Crippen LogP contribution in [0.15, 0.2) is 30.5 Å². The average Bonchev–Trinajstić information content (AvgIpc) is 3.13. The van der Waals surface area contributed by atoms with E-state index in [1.807, 2.05) is 28.7 Å². The maximum Gasteiger partial charge on any atom is 0.180 e. The maximum absolute atomic E-state index is 9.63. The molecule has 138 valence electrons. The van der Waals surface area contributed by atoms with E-state index in [1.54, 1.807) is 6.20 Å². The van der Waals surface area contributed by atoms with E-state index in [-0.39, 0.29) is 6.61 Å². The Bertz CT molecular complexity index is 869. The van der Waals surface area contributed by atoms with Gasteiger partial charge in [-0.25, -0.2) is 9.97 Å². The summed E-state index contributed by atoms with van der Waals surface area (Å²) in [5, 5.41) is 16.7. The van der Waals surface area contributed by atoms with Gasteiger partial charge in [-0.05, 0) is 37.9 Å². The van der Waals surface area contributed by atoms with Crippen LogP contribution in [0, 0.1) is 0 Å². The number of fused-ring (bicyclic) bond motifs is 3. The zero-order valence-corrected chi connectivity index (χ0v) is 15.1. The Morgan fingerprint density at radius 2 is 1.96 bits per heavy atom. The molecule has 1 aliphatic carbocycles. The first-order valence-corrected chi connectivity index (χ1v) is 9.70. The lowest BCUT2D eigenvalue weighted by Gasteiger charge is -2.22. The van der Waals surface area contributed by atoms with Gasteiger partial charge in [-0.15, -0.1) is 0 Å². The van der Waals surface area contributed by atoms with Crippen molar-refractivity contribution in [1.29, 1.82) is 0 Å². The SMILES string of the molecule is OCc1cnc2c(NCCCNC3CCCCC3)nc3ccccc3n12. The summed E-state index contributed by atoms with van der Waals surface area (Å²) in [6.45, 7) is 1.83. The highest BCUT2D eigenvalue weighted by atomic mass is 16.3. The summed E-state index contributed by atoms with van der Waals surface area (Å²) in [6.07, 6.45) is 9.52. The molecule has 3 aromatic rings. The fourth-order valence-corrected chi connectivity index (χ4v) is 3.88. The summed E-state index contributed by atoms with van der Waals surface area (Å²) in [4.78, 5) is 9.22. The van der Waals surface area contributed by atoms with Crippen molar-refractivity contribution in [2.24, 2.45) is 0 Å². The third-order valence-electron chi connectivity index (χ3n) is 5.25. The van der Waals surface area contributed by atoms with Gasteiger partial charge in [0, 0.05) is 12.6 Å². The van der Waals surface area contributed by atoms with E-state index in [0.29, 0.717) is 6.04 Å². The Hall–Kier alpha value is -2.18. The van der Waals surface area contributed by atoms with E-state index in [2.05, 4.69) is 15.6 Å². The fraction of sp³-hybridized carbons (Fsp3) is 0.500. The lowest BCUT2D eigenvalue weighted by atomic mass is 9.95. The highest BCUT2D eigenvalue weighted by Gasteiger charge is 2.13. The summed E-state index contributed by atoms with van der Waals surface area (Å²) in [5.74, 6) is 0.779. The first-order chi connectivity index (χ1) is 12.9. The summed E-state index contributed by atoms with van der Waals surface area (Å²) >= 11 is 0. The van der Waals surface area contributed by atoms with Gasteiger partial charge < -0.3 is 15.7 Å². The van der Waals surface area contributed by atoms with E-state index in [9.17, 15) is 5.11 Å². The number of rotatable bonds is 7. The molecule has 2 aromatic heterocycles. The quantitative estimate of drug-likeness (QED) is 0.569. The summed E-state index contributed by atoms with van der Waals surface area (Å²) < 4.78 is 1.99. The van der Waals surface area contributed by atoms with Gasteiger partial charge in [0.25, 0.3) is 0 Å². The maximum atomic E-state index is 9.63. The molecule has 3 N–H and O–H groups in total. The smallest absolute Gasteiger partial charge is 0.180 e. The normalized spacial score (nSPS) is 15.7. The highest BCUT2D eigenvalue weighted by molar-refractivity contribution is 5.83. The lowest BCUT2D eigenvalue weighted by molar-refractivity contribution is 0.276. The fourth-order valence-electron chi connectivity index (χ4n) is 3.88. The zero-order chi connectivity index (χ0) is 17.8. The number of para-hydroxylation sites is 2. The molecule has 1 saturated carbocycles. The van der Waals surface area contributed by atoms with Crippen LogP contribution in [-0.2, 0) is 6.61 Å². The Morgan fingerprint density at radius 1 is 1.12 bits per heavy atom. The summed E-state index contributed by atoms with van der Waals surface area (Å²) in [5.41, 5.74) is 3.41. The van der Waals surface area contributed by atoms with Crippen LogP contribution in [0.4, 0.5) is 5.82 Å². The molecule has 6 nitrogen and oxygen atoms in total. The molecular formula is C20H27N5O. The minimum Gasteiger partial charge on any atom is -0.390 e. The van der Waals surface area contributed by atoms with E-state index in [4.69, 9.17) is 4.98 Å². The van der Waals surface area contributed by atoms with E-state index in [0.717, 1.165) is 47.7 Å². The second-order valence-corrected chi connectivity index (χ2v) is 7.09. The Kier molecular flexibility index (Phi) is 5.32. The number of hydrogen-bond donors (Lipinski definition) is 3. The Morgan fingerprint density at radius 3 is 2.81 bits per heavy atom. The number of aliphatic hydroxyl groups excluding tert-OH is 1. The third kappa shape index (κ3) is 3.52. The van der Waals surface area contributed by atoms with Crippen molar-refractivity contribution in [2.45, 2.75) is 51.2 Å². The molecule has 0 atom stereocenters. The van der Waals surface area contributed by atoms with E-state index < -0.39 is 0 Å². The molecule has 0 saturated heterocycles. The van der Waals surface area contributed by atoms with Crippen molar-refractivity contribution in [3.8, 4) is 0 Å². The predicted octanol–water partition coefficient (Wildman–Crippen LogP) is 3.10. The largest absolute Gasteiger partial charge is 0.390 e. The lowest BCUT2D eigenvalue weighted by Crippen LogP contribution is -2.32. The molecule has 1 fully saturated rings. The second kappa shape index (κ2) is 8.01. The third-order valence-corrected chi connectivity index (χ3v) is 5.25. The van der Waals surface area contributed by atoms with Gasteiger partial charge in [0.2, 0.25) is 0 Å². The van der Waals surface area contributed by atoms with Crippen LogP contribution in [0.1, 0.15) is 44.2 Å². The van der Waals surface area contributed by atoms with Crippen molar-refractivity contribution in [3.63, 3.8) is 0 Å². The van der Waals surface area contributed by atoms with Crippen molar-refractivity contribution in [2.75, 3.05) is 18.4 Å². The van der Waals surface area contributed by atoms with Gasteiger partial charge in [0.1, 0.15) is 0 Å². The molecule has 0 spiro atoms. The predicted molar refractivity (Wildman–Crippen MR) is 104 cm³/mol. The van der Waals surface area contributed by atoms with Crippen LogP contribution in [0.25, 0.3) is 16.7 Å². The van der Waals surface area contributed by atoms with Gasteiger partial charge in [-0.1, -0.05) is 31.4 Å². The van der Waals surface area contributed by atoms with Crippen molar-refractivity contribution in [1.82, 2.24) is 19.7 Å². The van der Waals surface area contributed by atoms with E-state index >= 15 is 0 Å². The number of hydrogen-bond acceptors (Lipinski definition) is 5. The number of nitrogens with zero attached hydrogens (tertiary/aromatic N) is 3. The topological polar surface area (TPSA) is 74.5 Å². The van der Waals surface area contributed by atoms with Crippen LogP contribution < -0.4 is 10.6 Å². The highest BCUT2D eigenvalue weighted by Crippen LogP contribution is 2.23. The Balaban J connectivity index is 1.44. The number of benzene rings is 1. The van der Waals surface area contributed by atoms with Gasteiger partial charge in [-0.3, -0.25) is 4.40 Å². The minimum absolute atomic E-state index is 0.0417. The second-order valence-electron chi connectivity index (χ2n) is 7.09. The van der Waals surface area contributed by atoms with Crippen molar-refractivity contribution < 1.29 is 5.11 Å². The van der Waals surface area contributed by atoms with Gasteiger partial charge in [0.05, 0.1) is 29.5 Å². The molecule has 2 heterocycles. The van der Waals surface area contributed by atoms with Crippen LogP contribution in [-0.4, -0.2) is 38.6 Å². The van der Waals surface area contributed by atoms with Crippen LogP contribution in [0.5, 0.6) is 0 Å². The number of imidazole rings is 1. The number of aromatic nitrogens is 3. The standard InChI is InChI=1S/C20H27N5O/c26-14-16-13-23-20-19(24-17-9-4-5-10-18(17)25(16)20)22-12-6-11-21-15-7-2-1-3-8-15/h4-5,9-10,13,15,21,26H,1-3,6-8,11-12,14H2,(H,22,24). The number of anilines is 1. The summed E-state index contributed by atoms with van der Waals surface area (Å²) in [6, 6.07) is 8.66. The molecule has 4 rings (SSSR count). The van der Waals surface area contributed by atoms with Crippen LogP contribution >= 0.6 is 0 Å². The average molecular weight is 353 g/mol. The summed E-state index contributed by atoms with van der Waals surface area (Å²) in [7, 11) is 0. The molecule has 0 radical (unpaired) electrons. The first kappa shape index (κ1) is 17.2. The molecule has 0 unspecified atom stereocenters. The Labute approximate surface area is 153 Å². The monoisotopic (exact) mass is 353 g/mol. The molecule has 26 heavy (non-hydrogen) atoms. The molecule has 1 aliphatic rings. The zero-order valence-electron chi connectivity index (χ0n) is 15.1. The van der Waals surface area contributed by atoms with E-state index in [1.165, 1.54) is 32.1 Å². The van der Waals surface area contributed by atoms with Crippen LogP contribution in [0.3, 0.4) is 0 Å². The number of aliphatic hydroxyl groups is 1. The molecule has 0 bridgehead atoms. The molecule has 0 amide bonds. The van der Waals surface area contributed by atoms with Gasteiger partial charge >= 0.3 is 0 Å². The number of nitrogens with one attached hydrogen (secondary N) is 2.